The Morgan fingerprint density at radius 2 is 1.44 bits per heavy atom. The Kier molecular flexibility index (Phi) is 20.5. The molecule has 0 saturated heterocycles. The van der Waals surface area contributed by atoms with E-state index in [1.165, 1.54) is 12.1 Å². The van der Waals surface area contributed by atoms with Crippen molar-refractivity contribution in [2.45, 2.75) is 19.8 Å². The van der Waals surface area contributed by atoms with Crippen LogP contribution in [0.4, 0.5) is 4.39 Å². The van der Waals surface area contributed by atoms with Gasteiger partial charge in [0.1, 0.15) is 18.4 Å². The van der Waals surface area contributed by atoms with Gasteiger partial charge in [0.2, 0.25) is 0 Å². The van der Waals surface area contributed by atoms with Crippen LogP contribution < -0.4 is 0 Å². The van der Waals surface area contributed by atoms with Crippen LogP contribution in [0.2, 0.25) is 0 Å². The van der Waals surface area contributed by atoms with Crippen LogP contribution in [-0.2, 0) is 16.0 Å². The van der Waals surface area contributed by atoms with Crippen molar-refractivity contribution in [3.63, 3.8) is 0 Å². The molecule has 3 heteroatoms. The molecular formula is C15H21FO2. The second-order valence-corrected chi connectivity index (χ2v) is 2.83. The number of benzene rings is 1. The minimum Gasteiger partial charge on any atom is -0.307 e. The van der Waals surface area contributed by atoms with Gasteiger partial charge in [-0.2, -0.15) is 0 Å². The summed E-state index contributed by atoms with van der Waals surface area (Å²) >= 11 is 0. The summed E-state index contributed by atoms with van der Waals surface area (Å²) in [5, 5.41) is 0. The van der Waals surface area contributed by atoms with Crippen molar-refractivity contribution in [3.8, 4) is 0 Å². The van der Waals surface area contributed by atoms with Gasteiger partial charge in [0.05, 0.1) is 0 Å². The van der Waals surface area contributed by atoms with Crippen molar-refractivity contribution in [1.29, 1.82) is 0 Å². The van der Waals surface area contributed by atoms with Crippen LogP contribution in [0.1, 0.15) is 18.9 Å². The molecule has 0 aliphatic rings. The Hall–Kier alpha value is -2.03. The summed E-state index contributed by atoms with van der Waals surface area (Å²) in [6, 6.07) is 6.24. The molecule has 0 aliphatic heterocycles. The lowest BCUT2D eigenvalue weighted by atomic mass is 10.1. The molecular weight excluding hydrogens is 231 g/mol. The monoisotopic (exact) mass is 252 g/mol. The van der Waals surface area contributed by atoms with Gasteiger partial charge < -0.3 is 9.59 Å². The maximum absolute atomic E-state index is 12.4. The predicted octanol–water partition coefficient (Wildman–Crippen LogP) is 3.77. The summed E-state index contributed by atoms with van der Waals surface area (Å²) < 4.78 is 12.4. The van der Waals surface area contributed by atoms with Crippen LogP contribution in [0, 0.1) is 5.82 Å². The zero-order valence-electron chi connectivity index (χ0n) is 11.0. The molecule has 0 aromatic heterocycles. The molecule has 0 amide bonds. The van der Waals surface area contributed by atoms with E-state index in [1.807, 2.05) is 6.79 Å². The highest BCUT2D eigenvalue weighted by atomic mass is 19.1. The number of rotatable bonds is 3. The Bertz CT molecular complexity index is 302. The van der Waals surface area contributed by atoms with Crippen molar-refractivity contribution in [1.82, 2.24) is 0 Å². The maximum Gasteiger partial charge on any atom is 0.130 e. The Balaban J connectivity index is -0.000000328. The third-order valence-electron chi connectivity index (χ3n) is 1.68. The average Bonchev–Trinajstić information content (AvgIpc) is 2.45. The standard InChI is InChI=1S/C10H11FO.2C2H4.CH2O/c1-8(12)2-3-9-4-6-10(11)7-5-9;3*1-2/h4-7H,2-3H2,1H3;2*1-2H2;1H2. The van der Waals surface area contributed by atoms with Crippen molar-refractivity contribution in [2.24, 2.45) is 0 Å². The first-order chi connectivity index (χ1) is 8.68. The fraction of sp³-hybridized carbons (Fsp3) is 0.200. The van der Waals surface area contributed by atoms with Gasteiger partial charge in [-0.25, -0.2) is 4.39 Å². The number of ketones is 1. The number of hydrogen-bond acceptors (Lipinski definition) is 2. The van der Waals surface area contributed by atoms with Gasteiger partial charge in [-0.3, -0.25) is 0 Å². The Morgan fingerprint density at radius 3 is 1.78 bits per heavy atom. The number of hydrogen-bond donors (Lipinski definition) is 0. The summed E-state index contributed by atoms with van der Waals surface area (Å²) in [7, 11) is 0. The molecule has 0 bridgehead atoms. The Morgan fingerprint density at radius 1 is 1.06 bits per heavy atom. The molecule has 1 aromatic rings. The minimum absolute atomic E-state index is 0.166. The van der Waals surface area contributed by atoms with Crippen LogP contribution in [0.15, 0.2) is 50.6 Å². The van der Waals surface area contributed by atoms with Gasteiger partial charge in [-0.1, -0.05) is 12.1 Å². The molecule has 0 fully saturated rings. The van der Waals surface area contributed by atoms with E-state index in [9.17, 15) is 9.18 Å². The molecule has 1 rings (SSSR count). The molecule has 0 spiro atoms. The van der Waals surface area contributed by atoms with Gasteiger partial charge in [-0.15, -0.1) is 26.3 Å². The van der Waals surface area contributed by atoms with E-state index >= 15 is 0 Å². The van der Waals surface area contributed by atoms with Crippen molar-refractivity contribution in [3.05, 3.63) is 62.0 Å². The number of carbonyl (C=O) groups excluding carboxylic acids is 2. The molecule has 0 atom stereocenters. The van der Waals surface area contributed by atoms with E-state index < -0.39 is 0 Å². The summed E-state index contributed by atoms with van der Waals surface area (Å²) in [6.07, 6.45) is 1.24. The van der Waals surface area contributed by atoms with Gasteiger partial charge in [0.25, 0.3) is 0 Å². The number of halogens is 1. The van der Waals surface area contributed by atoms with E-state index in [1.54, 1.807) is 19.1 Å². The molecule has 0 aliphatic carbocycles. The van der Waals surface area contributed by atoms with Gasteiger partial charge in [0, 0.05) is 6.42 Å². The molecule has 18 heavy (non-hydrogen) atoms. The van der Waals surface area contributed by atoms with Crippen molar-refractivity contribution in [2.75, 3.05) is 0 Å². The SMILES string of the molecule is C=C.C=C.C=O.CC(=O)CCc1ccc(F)cc1. The average molecular weight is 252 g/mol. The molecule has 0 saturated carbocycles. The first kappa shape index (κ1) is 21.3. The van der Waals surface area contributed by atoms with E-state index in [2.05, 4.69) is 26.3 Å². The molecule has 2 nitrogen and oxygen atoms in total. The summed E-state index contributed by atoms with van der Waals surface area (Å²) in [4.78, 5) is 18.6. The zero-order valence-corrected chi connectivity index (χ0v) is 11.0. The second kappa shape index (κ2) is 17.4. The number of aryl methyl sites for hydroxylation is 1. The fourth-order valence-electron chi connectivity index (χ4n) is 0.971. The van der Waals surface area contributed by atoms with Gasteiger partial charge >= 0.3 is 0 Å². The normalized spacial score (nSPS) is 7.22. The third kappa shape index (κ3) is 14.0. The smallest absolute Gasteiger partial charge is 0.130 e. The second-order valence-electron chi connectivity index (χ2n) is 2.83. The molecule has 0 N–H and O–H groups in total. The van der Waals surface area contributed by atoms with Crippen LogP contribution in [0.5, 0.6) is 0 Å². The highest BCUT2D eigenvalue weighted by Crippen LogP contribution is 2.05. The summed E-state index contributed by atoms with van der Waals surface area (Å²) in [6.45, 7) is 15.6. The predicted molar refractivity (Wildman–Crippen MR) is 75.0 cm³/mol. The largest absolute Gasteiger partial charge is 0.307 e. The van der Waals surface area contributed by atoms with Gasteiger partial charge in [-0.05, 0) is 31.0 Å². The first-order valence-corrected chi connectivity index (χ1v) is 5.21. The third-order valence-corrected chi connectivity index (χ3v) is 1.68. The molecule has 0 unspecified atom stereocenters. The molecule has 100 valence electrons. The fourth-order valence-corrected chi connectivity index (χ4v) is 0.971. The van der Waals surface area contributed by atoms with E-state index in [0.29, 0.717) is 12.8 Å². The molecule has 1 aromatic carbocycles. The van der Waals surface area contributed by atoms with Crippen LogP contribution in [-0.4, -0.2) is 12.6 Å². The maximum atomic E-state index is 12.4. The first-order valence-electron chi connectivity index (χ1n) is 5.21. The summed E-state index contributed by atoms with van der Waals surface area (Å²) in [5.74, 6) is -0.0686. The molecule has 0 radical (unpaired) electrons. The quantitative estimate of drug-likeness (QED) is 0.767. The highest BCUT2D eigenvalue weighted by Gasteiger charge is 1.96. The topological polar surface area (TPSA) is 34.1 Å². The number of Topliss-reactive ketones (excluding diaryl/α,β-unsaturated/α-hetero) is 1. The Labute approximate surface area is 109 Å². The lowest BCUT2D eigenvalue weighted by Crippen LogP contribution is -1.93. The minimum atomic E-state index is -0.235. The van der Waals surface area contributed by atoms with Gasteiger partial charge in [0.15, 0.2) is 0 Å². The van der Waals surface area contributed by atoms with Crippen molar-refractivity contribution >= 4 is 12.6 Å². The molecule has 0 heterocycles. The highest BCUT2D eigenvalue weighted by molar-refractivity contribution is 5.75. The lowest BCUT2D eigenvalue weighted by Gasteiger charge is -1.97. The van der Waals surface area contributed by atoms with Crippen molar-refractivity contribution < 1.29 is 14.0 Å². The summed E-state index contributed by atoms with van der Waals surface area (Å²) in [5.41, 5.74) is 1.01. The van der Waals surface area contributed by atoms with Crippen LogP contribution in [0.25, 0.3) is 0 Å². The van der Waals surface area contributed by atoms with Crippen LogP contribution >= 0.6 is 0 Å². The number of carbonyl (C=O) groups is 2. The van der Waals surface area contributed by atoms with E-state index in [0.717, 1.165) is 5.56 Å². The zero-order chi connectivity index (χ0) is 15.0. The van der Waals surface area contributed by atoms with Crippen LogP contribution in [0.3, 0.4) is 0 Å². The lowest BCUT2D eigenvalue weighted by molar-refractivity contribution is -0.117. The van der Waals surface area contributed by atoms with E-state index in [-0.39, 0.29) is 11.6 Å². The van der Waals surface area contributed by atoms with E-state index in [4.69, 9.17) is 4.79 Å².